The molecule has 2 aromatic heterocycles. The second kappa shape index (κ2) is 14.6. The summed E-state index contributed by atoms with van der Waals surface area (Å²) in [7, 11) is 0. The quantitative estimate of drug-likeness (QED) is 0.168. The molecule has 296 valence electrons. The van der Waals surface area contributed by atoms with Crippen LogP contribution in [-0.2, 0) is 5.41 Å². The minimum absolute atomic E-state index is 0.176. The molecule has 2 heterocycles. The molecular weight excluding hydrogens is 753 g/mol. The Labute approximate surface area is 362 Å². The molecule has 4 heteroatoms. The lowest BCUT2D eigenvalue weighted by Crippen LogP contribution is -2.15. The molecule has 0 amide bonds. The summed E-state index contributed by atoms with van der Waals surface area (Å²) in [5, 5.41) is 4.78. The number of rotatable bonds is 6. The maximum absolute atomic E-state index is 5.33. The van der Waals surface area contributed by atoms with E-state index >= 15 is 0 Å². The third-order valence-electron chi connectivity index (χ3n) is 12.6. The predicted molar refractivity (Wildman–Crippen MR) is 257 cm³/mol. The number of benzene rings is 8. The van der Waals surface area contributed by atoms with Gasteiger partial charge in [-0.25, -0.2) is 15.0 Å². The van der Waals surface area contributed by atoms with Gasteiger partial charge in [-0.3, -0.25) is 4.98 Å². The minimum Gasteiger partial charge on any atom is -0.256 e. The molecule has 0 unspecified atom stereocenters. The van der Waals surface area contributed by atoms with Gasteiger partial charge in [0.1, 0.15) is 0 Å². The van der Waals surface area contributed by atoms with Crippen LogP contribution in [0.2, 0.25) is 0 Å². The van der Waals surface area contributed by atoms with Gasteiger partial charge in [0.2, 0.25) is 0 Å². The average molecular weight is 797 g/mol. The lowest BCUT2D eigenvalue weighted by molar-refractivity contribution is 0.661. The van der Waals surface area contributed by atoms with Crippen LogP contribution in [0.4, 0.5) is 0 Å². The second-order valence-electron chi connectivity index (χ2n) is 17.4. The van der Waals surface area contributed by atoms with E-state index in [0.29, 0.717) is 17.5 Å². The molecule has 0 bridgehead atoms. The standard InChI is InChI=1S/C58H44N4/c1-35-21-24-53(59-34-35)41-16-12-15-40(28-41)43-30-44(50-33-52-54(48-18-9-8-17-47(48)50)49-19-10-11-20-51(49)58(52,4)5)32-46(31-43)57-61-55(42-23-22-38-13-6-7-14-39(38)29-42)60-56(62-57)45-26-36(2)25-37(3)27-45/h6-34H,1-5H3. The van der Waals surface area contributed by atoms with Gasteiger partial charge in [-0.1, -0.05) is 140 Å². The Morgan fingerprint density at radius 1 is 0.371 bits per heavy atom. The molecule has 0 saturated carbocycles. The number of hydrogen-bond donors (Lipinski definition) is 0. The van der Waals surface area contributed by atoms with Gasteiger partial charge in [-0.15, -0.1) is 0 Å². The van der Waals surface area contributed by atoms with E-state index in [4.69, 9.17) is 19.9 Å². The molecule has 4 nitrogen and oxygen atoms in total. The van der Waals surface area contributed by atoms with Gasteiger partial charge in [0.15, 0.2) is 17.5 Å². The summed E-state index contributed by atoms with van der Waals surface area (Å²) >= 11 is 0. The molecule has 8 aromatic carbocycles. The van der Waals surface area contributed by atoms with Crippen LogP contribution in [0.15, 0.2) is 176 Å². The number of fused-ring (bicyclic) bond motifs is 6. The van der Waals surface area contributed by atoms with Crippen molar-refractivity contribution in [2.24, 2.45) is 0 Å². The molecule has 1 aliphatic rings. The Morgan fingerprint density at radius 3 is 1.77 bits per heavy atom. The highest BCUT2D eigenvalue weighted by molar-refractivity contribution is 6.09. The molecule has 62 heavy (non-hydrogen) atoms. The summed E-state index contributed by atoms with van der Waals surface area (Å²) in [6, 6.07) is 61.4. The first kappa shape index (κ1) is 37.4. The molecule has 0 N–H and O–H groups in total. The molecule has 0 atom stereocenters. The van der Waals surface area contributed by atoms with Gasteiger partial charge in [0, 0.05) is 33.9 Å². The topological polar surface area (TPSA) is 51.6 Å². The lowest BCUT2D eigenvalue weighted by atomic mass is 9.80. The van der Waals surface area contributed by atoms with Crippen LogP contribution < -0.4 is 0 Å². The van der Waals surface area contributed by atoms with Crippen LogP contribution >= 0.6 is 0 Å². The van der Waals surface area contributed by atoms with Crippen LogP contribution in [0, 0.1) is 20.8 Å². The average Bonchev–Trinajstić information content (AvgIpc) is 3.53. The third kappa shape index (κ3) is 6.47. The van der Waals surface area contributed by atoms with Crippen LogP contribution in [0.5, 0.6) is 0 Å². The number of nitrogens with zero attached hydrogens (tertiary/aromatic N) is 4. The van der Waals surface area contributed by atoms with E-state index in [0.717, 1.165) is 66.7 Å². The number of aryl methyl sites for hydroxylation is 3. The van der Waals surface area contributed by atoms with Crippen LogP contribution in [0.25, 0.3) is 100 Å². The molecule has 11 rings (SSSR count). The number of aromatic nitrogens is 4. The minimum atomic E-state index is -0.176. The highest BCUT2D eigenvalue weighted by atomic mass is 15.0. The van der Waals surface area contributed by atoms with Gasteiger partial charge in [-0.05, 0) is 147 Å². The fourth-order valence-corrected chi connectivity index (χ4v) is 9.56. The SMILES string of the molecule is Cc1ccc(-c2cccc(-c3cc(-c4nc(-c5cc(C)cc(C)c5)nc(-c5ccc6ccccc6c5)n4)cc(-c4cc5c(c6ccccc46)-c4ccccc4C5(C)C)c3)c2)nc1. The smallest absolute Gasteiger partial charge is 0.164 e. The summed E-state index contributed by atoms with van der Waals surface area (Å²) in [6.45, 7) is 11.0. The fraction of sp³-hybridized carbons (Fsp3) is 0.103. The summed E-state index contributed by atoms with van der Waals surface area (Å²) in [5.74, 6) is 1.90. The van der Waals surface area contributed by atoms with Crippen LogP contribution in [0.3, 0.4) is 0 Å². The Morgan fingerprint density at radius 2 is 1.00 bits per heavy atom. The molecular formula is C58H44N4. The Bertz CT molecular complexity index is 3390. The van der Waals surface area contributed by atoms with E-state index < -0.39 is 0 Å². The third-order valence-corrected chi connectivity index (χ3v) is 12.6. The summed E-state index contributed by atoms with van der Waals surface area (Å²) in [4.78, 5) is 20.6. The first-order chi connectivity index (χ1) is 30.2. The molecule has 1 aliphatic carbocycles. The molecule has 10 aromatic rings. The van der Waals surface area contributed by atoms with Crippen molar-refractivity contribution in [3.8, 4) is 78.8 Å². The van der Waals surface area contributed by atoms with Crippen molar-refractivity contribution in [1.82, 2.24) is 19.9 Å². The van der Waals surface area contributed by atoms with E-state index in [1.807, 2.05) is 6.20 Å². The lowest BCUT2D eigenvalue weighted by Gasteiger charge is -2.23. The summed E-state index contributed by atoms with van der Waals surface area (Å²) in [5.41, 5.74) is 17.9. The van der Waals surface area contributed by atoms with Gasteiger partial charge < -0.3 is 0 Å². The van der Waals surface area contributed by atoms with Gasteiger partial charge >= 0.3 is 0 Å². The summed E-state index contributed by atoms with van der Waals surface area (Å²) < 4.78 is 0. The number of pyridine rings is 1. The molecule has 0 radical (unpaired) electrons. The van der Waals surface area contributed by atoms with Gasteiger partial charge in [0.05, 0.1) is 5.69 Å². The first-order valence-electron chi connectivity index (χ1n) is 21.4. The second-order valence-corrected chi connectivity index (χ2v) is 17.4. The van der Waals surface area contributed by atoms with Crippen LogP contribution in [0.1, 0.15) is 41.7 Å². The number of hydrogen-bond acceptors (Lipinski definition) is 4. The molecule has 0 spiro atoms. The van der Waals surface area contributed by atoms with E-state index in [9.17, 15) is 0 Å². The maximum Gasteiger partial charge on any atom is 0.164 e. The first-order valence-corrected chi connectivity index (χ1v) is 21.4. The highest BCUT2D eigenvalue weighted by Gasteiger charge is 2.37. The monoisotopic (exact) mass is 796 g/mol. The Hall–Kier alpha value is -7.56. The van der Waals surface area contributed by atoms with Crippen molar-refractivity contribution in [3.63, 3.8) is 0 Å². The largest absolute Gasteiger partial charge is 0.256 e. The molecule has 0 fully saturated rings. The highest BCUT2D eigenvalue weighted by Crippen LogP contribution is 2.53. The van der Waals surface area contributed by atoms with Crippen molar-refractivity contribution in [3.05, 3.63) is 204 Å². The summed E-state index contributed by atoms with van der Waals surface area (Å²) in [6.07, 6.45) is 1.93. The zero-order valence-corrected chi connectivity index (χ0v) is 35.5. The normalized spacial score (nSPS) is 12.7. The van der Waals surface area contributed by atoms with Crippen molar-refractivity contribution in [1.29, 1.82) is 0 Å². The van der Waals surface area contributed by atoms with E-state index in [1.165, 1.54) is 44.0 Å². The van der Waals surface area contributed by atoms with Gasteiger partial charge in [0.25, 0.3) is 0 Å². The van der Waals surface area contributed by atoms with Crippen molar-refractivity contribution in [2.75, 3.05) is 0 Å². The Kier molecular flexibility index (Phi) is 8.80. The van der Waals surface area contributed by atoms with Gasteiger partial charge in [-0.2, -0.15) is 0 Å². The van der Waals surface area contributed by atoms with E-state index in [2.05, 4.69) is 204 Å². The van der Waals surface area contributed by atoms with E-state index in [1.54, 1.807) is 0 Å². The van der Waals surface area contributed by atoms with Crippen LogP contribution in [-0.4, -0.2) is 19.9 Å². The molecule has 0 saturated heterocycles. The van der Waals surface area contributed by atoms with Crippen molar-refractivity contribution >= 4 is 21.5 Å². The van der Waals surface area contributed by atoms with Crippen molar-refractivity contribution < 1.29 is 0 Å². The van der Waals surface area contributed by atoms with Crippen molar-refractivity contribution in [2.45, 2.75) is 40.0 Å². The Balaban J connectivity index is 1.18. The fourth-order valence-electron chi connectivity index (χ4n) is 9.56. The zero-order chi connectivity index (χ0) is 42.1. The van der Waals surface area contributed by atoms with E-state index in [-0.39, 0.29) is 5.41 Å². The zero-order valence-electron chi connectivity index (χ0n) is 35.5. The molecule has 0 aliphatic heterocycles. The predicted octanol–water partition coefficient (Wildman–Crippen LogP) is 14.8. The maximum atomic E-state index is 5.33.